The zero-order chi connectivity index (χ0) is 12.4. The summed E-state index contributed by atoms with van der Waals surface area (Å²) in [5, 5.41) is 13.1. The lowest BCUT2D eigenvalue weighted by Crippen LogP contribution is -2.29. The minimum absolute atomic E-state index is 0.0418. The monoisotopic (exact) mass is 300 g/mol. The normalized spacial score (nSPS) is 20.5. The van der Waals surface area contributed by atoms with Crippen LogP contribution in [0.1, 0.15) is 10.4 Å². The van der Waals surface area contributed by atoms with Crippen LogP contribution in [-0.4, -0.2) is 23.7 Å². The van der Waals surface area contributed by atoms with E-state index in [1.165, 1.54) is 12.1 Å². The third-order valence-electron chi connectivity index (χ3n) is 2.47. The molecule has 0 spiro atoms. The summed E-state index contributed by atoms with van der Waals surface area (Å²) in [7, 11) is 0. The average molecular weight is 301 g/mol. The zero-order valence-corrected chi connectivity index (χ0v) is 10.2. The lowest BCUT2D eigenvalue weighted by Gasteiger charge is -2.15. The molecule has 0 aliphatic carbocycles. The summed E-state index contributed by atoms with van der Waals surface area (Å²) in [5.74, 6) is 0. The number of hydrogen-bond acceptors (Lipinski definition) is 4. The predicted molar refractivity (Wildman–Crippen MR) is 63.0 cm³/mol. The number of halogens is 1. The molecule has 1 aromatic rings. The number of alkyl halides is 1. The van der Waals surface area contributed by atoms with Crippen LogP contribution < -0.4 is 5.32 Å². The van der Waals surface area contributed by atoms with E-state index >= 15 is 0 Å². The molecule has 1 fully saturated rings. The number of carbonyl (C=O) groups is 1. The van der Waals surface area contributed by atoms with Gasteiger partial charge in [0.2, 0.25) is 0 Å². The summed E-state index contributed by atoms with van der Waals surface area (Å²) in [6.45, 7) is 0.283. The summed E-state index contributed by atoms with van der Waals surface area (Å²) in [6, 6.07) is 6.01. The second-order valence-corrected chi connectivity index (χ2v) is 4.59. The number of alkyl carbamates (subject to hydrolysis) is 1. The average Bonchev–Trinajstić information content (AvgIpc) is 2.75. The van der Waals surface area contributed by atoms with Gasteiger partial charge in [0.25, 0.3) is 5.69 Å². The number of cyclic esters (lactones) is 1. The highest BCUT2D eigenvalue weighted by molar-refractivity contribution is 9.09. The van der Waals surface area contributed by atoms with Crippen molar-refractivity contribution in [3.63, 3.8) is 0 Å². The number of rotatable bonds is 3. The summed E-state index contributed by atoms with van der Waals surface area (Å²) >= 11 is 3.44. The Morgan fingerprint density at radius 3 is 2.59 bits per heavy atom. The minimum atomic E-state index is -0.451. The van der Waals surface area contributed by atoms with Crippen molar-refractivity contribution < 1.29 is 14.5 Å². The van der Waals surface area contributed by atoms with E-state index in [1.54, 1.807) is 12.1 Å². The maximum Gasteiger partial charge on any atom is 0.407 e. The van der Waals surface area contributed by atoms with Crippen molar-refractivity contribution in [3.05, 3.63) is 39.9 Å². The fraction of sp³-hybridized carbons (Fsp3) is 0.300. The first-order valence-electron chi connectivity index (χ1n) is 4.89. The van der Waals surface area contributed by atoms with Crippen LogP contribution in [0.15, 0.2) is 24.3 Å². The number of nitro benzene ring substituents is 1. The third kappa shape index (κ3) is 2.55. The number of benzene rings is 1. The second kappa shape index (κ2) is 4.70. The smallest absolute Gasteiger partial charge is 0.407 e. The fourth-order valence-corrected chi connectivity index (χ4v) is 2.16. The van der Waals surface area contributed by atoms with Gasteiger partial charge in [-0.3, -0.25) is 10.1 Å². The Morgan fingerprint density at radius 1 is 1.47 bits per heavy atom. The van der Waals surface area contributed by atoms with E-state index in [0.717, 1.165) is 5.56 Å². The number of nitrogens with zero attached hydrogens (tertiary/aromatic N) is 1. The molecule has 0 saturated carbocycles. The standard InChI is InChI=1S/C10H9BrN2O4/c11-9(8-5-17-10(14)12-8)6-1-3-7(4-2-6)13(15)16/h1-4,8-9H,5H2,(H,12,14)/t8-,9+/m0/s1. The lowest BCUT2D eigenvalue weighted by molar-refractivity contribution is -0.384. The Morgan fingerprint density at radius 2 is 2.12 bits per heavy atom. The number of amides is 1. The molecule has 1 aliphatic heterocycles. The maximum absolute atomic E-state index is 10.9. The van der Waals surface area contributed by atoms with Gasteiger partial charge in [0.15, 0.2) is 0 Å². The molecule has 1 heterocycles. The molecular formula is C10H9BrN2O4. The molecule has 1 aliphatic rings. The Labute approximate surface area is 105 Å². The van der Waals surface area contributed by atoms with E-state index in [4.69, 9.17) is 4.74 Å². The maximum atomic E-state index is 10.9. The van der Waals surface area contributed by atoms with Crippen molar-refractivity contribution in [1.29, 1.82) is 0 Å². The third-order valence-corrected chi connectivity index (χ3v) is 3.64. The molecular weight excluding hydrogens is 292 g/mol. The summed E-state index contributed by atoms with van der Waals surface area (Å²) in [6.07, 6.45) is -0.443. The van der Waals surface area contributed by atoms with Crippen molar-refractivity contribution in [2.45, 2.75) is 10.9 Å². The van der Waals surface area contributed by atoms with Gasteiger partial charge in [-0.1, -0.05) is 28.1 Å². The molecule has 0 bridgehead atoms. The topological polar surface area (TPSA) is 81.5 Å². The van der Waals surface area contributed by atoms with E-state index in [0.29, 0.717) is 0 Å². The Kier molecular flexibility index (Phi) is 3.28. The van der Waals surface area contributed by atoms with Crippen LogP contribution in [0.5, 0.6) is 0 Å². The van der Waals surface area contributed by atoms with Crippen LogP contribution in [0.4, 0.5) is 10.5 Å². The first-order chi connectivity index (χ1) is 8.08. The SMILES string of the molecule is O=C1N[C@H]([C@H](Br)c2ccc([N+](=O)[O-])cc2)CO1. The quantitative estimate of drug-likeness (QED) is 0.527. The van der Waals surface area contributed by atoms with E-state index in [-0.39, 0.29) is 23.2 Å². The van der Waals surface area contributed by atoms with Crippen molar-refractivity contribution in [3.8, 4) is 0 Å². The molecule has 6 nitrogen and oxygen atoms in total. The molecule has 0 unspecified atom stereocenters. The Balaban J connectivity index is 2.11. The van der Waals surface area contributed by atoms with Crippen LogP contribution >= 0.6 is 15.9 Å². The summed E-state index contributed by atoms with van der Waals surface area (Å²) in [5.41, 5.74) is 0.895. The molecule has 2 atom stereocenters. The molecule has 1 N–H and O–H groups in total. The zero-order valence-electron chi connectivity index (χ0n) is 8.63. The van der Waals surface area contributed by atoms with E-state index in [9.17, 15) is 14.9 Å². The van der Waals surface area contributed by atoms with Gasteiger partial charge in [-0.05, 0) is 5.56 Å². The van der Waals surface area contributed by atoms with Crippen molar-refractivity contribution in [2.75, 3.05) is 6.61 Å². The highest BCUT2D eigenvalue weighted by atomic mass is 79.9. The van der Waals surface area contributed by atoms with Crippen LogP contribution in [0, 0.1) is 10.1 Å². The molecule has 1 amide bonds. The molecule has 0 radical (unpaired) electrons. The van der Waals surface area contributed by atoms with Gasteiger partial charge >= 0.3 is 6.09 Å². The number of ether oxygens (including phenoxy) is 1. The molecule has 2 rings (SSSR count). The number of nitrogens with one attached hydrogen (secondary N) is 1. The van der Waals surface area contributed by atoms with Gasteiger partial charge in [0.05, 0.1) is 15.8 Å². The molecule has 1 saturated heterocycles. The van der Waals surface area contributed by atoms with Gasteiger partial charge in [0, 0.05) is 12.1 Å². The van der Waals surface area contributed by atoms with Gasteiger partial charge in [-0.25, -0.2) is 4.79 Å². The molecule has 0 aromatic heterocycles. The Hall–Kier alpha value is -1.63. The number of nitro groups is 1. The van der Waals surface area contributed by atoms with Gasteiger partial charge in [-0.15, -0.1) is 0 Å². The highest BCUT2D eigenvalue weighted by Crippen LogP contribution is 2.29. The van der Waals surface area contributed by atoms with Crippen LogP contribution in [-0.2, 0) is 4.74 Å². The number of non-ortho nitro benzene ring substituents is 1. The van der Waals surface area contributed by atoms with Crippen molar-refractivity contribution in [2.24, 2.45) is 0 Å². The summed E-state index contributed by atoms with van der Waals surface area (Å²) in [4.78, 5) is 20.8. The minimum Gasteiger partial charge on any atom is -0.447 e. The molecule has 1 aromatic carbocycles. The van der Waals surface area contributed by atoms with Gasteiger partial charge in [0.1, 0.15) is 6.61 Å². The van der Waals surface area contributed by atoms with E-state index in [2.05, 4.69) is 21.2 Å². The molecule has 90 valence electrons. The molecule has 17 heavy (non-hydrogen) atoms. The first-order valence-corrected chi connectivity index (χ1v) is 5.81. The Bertz CT molecular complexity index is 448. The highest BCUT2D eigenvalue weighted by Gasteiger charge is 2.29. The van der Waals surface area contributed by atoms with Crippen LogP contribution in [0.2, 0.25) is 0 Å². The second-order valence-electron chi connectivity index (χ2n) is 3.60. The largest absolute Gasteiger partial charge is 0.447 e. The lowest BCUT2D eigenvalue weighted by atomic mass is 10.1. The van der Waals surface area contributed by atoms with E-state index < -0.39 is 11.0 Å². The van der Waals surface area contributed by atoms with Crippen LogP contribution in [0.3, 0.4) is 0 Å². The van der Waals surface area contributed by atoms with Crippen LogP contribution in [0.25, 0.3) is 0 Å². The fourth-order valence-electron chi connectivity index (χ4n) is 1.57. The number of carbonyl (C=O) groups excluding carboxylic acids is 1. The summed E-state index contributed by atoms with van der Waals surface area (Å²) < 4.78 is 4.78. The first kappa shape index (κ1) is 11.8. The van der Waals surface area contributed by atoms with Gasteiger partial charge < -0.3 is 10.1 Å². The molecule has 7 heteroatoms. The van der Waals surface area contributed by atoms with Gasteiger partial charge in [-0.2, -0.15) is 0 Å². The predicted octanol–water partition coefficient (Wildman–Crippen LogP) is 2.14. The van der Waals surface area contributed by atoms with Crippen molar-refractivity contribution in [1.82, 2.24) is 5.32 Å². The van der Waals surface area contributed by atoms with Crippen molar-refractivity contribution >= 4 is 27.7 Å². The number of hydrogen-bond donors (Lipinski definition) is 1. The van der Waals surface area contributed by atoms with E-state index in [1.807, 2.05) is 0 Å².